The molecule has 0 bridgehead atoms. The Morgan fingerprint density at radius 1 is 0.442 bits per heavy atom. The minimum atomic E-state index is -1.48. The fourth-order valence-electron chi connectivity index (χ4n) is 5.35. The molecule has 282 valence electrons. The molecule has 6 nitrogen and oxygen atoms in total. The zero-order chi connectivity index (χ0) is 39.0. The molecule has 2 unspecified atom stereocenters. The molecule has 0 amide bonds. The van der Waals surface area contributed by atoms with Crippen molar-refractivity contribution < 1.29 is 43.4 Å². The summed E-state index contributed by atoms with van der Waals surface area (Å²) in [5, 5.41) is 2.40. The van der Waals surface area contributed by atoms with Gasteiger partial charge in [-0.15, -0.1) is 0 Å². The zero-order valence-corrected chi connectivity index (χ0v) is 41.0. The summed E-state index contributed by atoms with van der Waals surface area (Å²) in [6, 6.07) is 40.7. The van der Waals surface area contributed by atoms with Crippen LogP contribution < -0.4 is 10.6 Å². The molecule has 14 heteroatoms. The first-order valence-corrected chi connectivity index (χ1v) is 32.4. The molecule has 2 radical (unpaired) electrons. The second kappa shape index (κ2) is 29.6. The third kappa shape index (κ3) is 23.2. The van der Waals surface area contributed by atoms with Gasteiger partial charge in [0.25, 0.3) is 0 Å². The van der Waals surface area contributed by atoms with E-state index in [2.05, 4.69) is 133 Å². The SMILES string of the molecule is [C-]#[N+]P(c1ccccc1)N([Si](C)(C)C)[Si](C)(C)C.[C-]#[N+]P(c1ccccc1)N([Si](C)(C)C)[Si](C)(C)C.[C-]#[O+].[C-]#[O+].[Mn].[Mn].c1cc[cH-]c1.c1cc[cH-]c1. The molecule has 4 aromatic rings. The van der Waals surface area contributed by atoms with Crippen LogP contribution in [0.1, 0.15) is 0 Å². The van der Waals surface area contributed by atoms with Gasteiger partial charge in [0.2, 0.25) is 0 Å². The Morgan fingerprint density at radius 2 is 0.654 bits per heavy atom. The molecule has 0 aliphatic carbocycles. The molecule has 0 heterocycles. The van der Waals surface area contributed by atoms with Crippen molar-refractivity contribution in [3.05, 3.63) is 157 Å². The molecule has 52 heavy (non-hydrogen) atoms. The first-order valence-electron chi connectivity index (χ1n) is 16.2. The van der Waals surface area contributed by atoms with Gasteiger partial charge in [0.15, 0.2) is 0 Å². The van der Waals surface area contributed by atoms with Gasteiger partial charge in [-0.2, -0.15) is 36.4 Å². The van der Waals surface area contributed by atoms with Crippen LogP contribution in [0.2, 0.25) is 78.6 Å². The number of hydrogen-bond donors (Lipinski definition) is 0. The number of nitrogens with zero attached hydrogens (tertiary/aromatic N) is 4. The topological polar surface area (TPSA) is 55.0 Å². The molecule has 4 aromatic carbocycles. The van der Waals surface area contributed by atoms with Gasteiger partial charge >= 0.3 is 39.1 Å². The fourth-order valence-corrected chi connectivity index (χ4v) is 34.2. The van der Waals surface area contributed by atoms with E-state index in [1.54, 1.807) is 0 Å². The quantitative estimate of drug-likeness (QED) is 0.0766. The van der Waals surface area contributed by atoms with Crippen LogP contribution in [0.3, 0.4) is 0 Å². The van der Waals surface area contributed by atoms with E-state index in [9.17, 15) is 0 Å². The van der Waals surface area contributed by atoms with E-state index in [-0.39, 0.29) is 34.1 Å². The van der Waals surface area contributed by atoms with E-state index in [1.807, 2.05) is 97.1 Å². The van der Waals surface area contributed by atoms with Crippen molar-refractivity contribution in [3.63, 3.8) is 0 Å². The second-order valence-electron chi connectivity index (χ2n) is 14.7. The summed E-state index contributed by atoms with van der Waals surface area (Å²) >= 11 is 0. The van der Waals surface area contributed by atoms with Crippen molar-refractivity contribution in [3.8, 4) is 0 Å². The van der Waals surface area contributed by atoms with Crippen LogP contribution in [0.5, 0.6) is 0 Å². The van der Waals surface area contributed by atoms with Crippen LogP contribution in [-0.4, -0.2) is 40.9 Å². The van der Waals surface area contributed by atoms with Gasteiger partial charge in [0, 0.05) is 34.1 Å². The Hall–Kier alpha value is -1.71. The molecular formula is C38H56Mn2N4O2P2Si4-2. The van der Waals surface area contributed by atoms with Gasteiger partial charge < -0.3 is 0 Å². The molecule has 0 aromatic heterocycles. The van der Waals surface area contributed by atoms with Gasteiger partial charge in [0.05, 0.1) is 10.6 Å². The molecule has 0 aliphatic rings. The summed E-state index contributed by atoms with van der Waals surface area (Å²) in [5.74, 6) is 0. The van der Waals surface area contributed by atoms with Gasteiger partial charge in [0.1, 0.15) is 32.9 Å². The summed E-state index contributed by atoms with van der Waals surface area (Å²) in [6.45, 7) is 52.6. The monoisotopic (exact) mass is 884 g/mol. The minimum absolute atomic E-state index is 0. The average Bonchev–Trinajstić information content (AvgIpc) is 3.83. The van der Waals surface area contributed by atoms with Crippen molar-refractivity contribution in [2.75, 3.05) is 0 Å². The first kappa shape index (κ1) is 57.0. The first-order chi connectivity index (χ1) is 23.4. The number of hydrogen-bond acceptors (Lipinski definition) is 2. The zero-order valence-electron chi connectivity index (χ0n) is 32.8. The Balaban J connectivity index is -0.000000315. The third-order valence-electron chi connectivity index (χ3n) is 6.20. The van der Waals surface area contributed by atoms with Gasteiger partial charge in [-0.3, -0.25) is 17.2 Å². The van der Waals surface area contributed by atoms with Crippen molar-refractivity contribution in [2.45, 2.75) is 78.6 Å². The number of rotatable bonds is 8. The standard InChI is InChI=1S/2C13H23N2PSi2.2C5H5.2CO.2Mn/c2*1-14-16(13-11-9-8-10-12-13)15(17(2,3)4)18(5,6)7;2*1-2-4-5-3-1;2*1-2;;/h2*8-12H,2-7H3;2*1-5H;;;;/q;;2*-1;;;;. The Morgan fingerprint density at radius 3 is 0.788 bits per heavy atom. The summed E-state index contributed by atoms with van der Waals surface area (Å²) in [7, 11) is -7.60. The molecule has 4 rings (SSSR count). The van der Waals surface area contributed by atoms with Gasteiger partial charge in [-0.1, -0.05) is 115 Å². The Labute approximate surface area is 344 Å². The van der Waals surface area contributed by atoms with Crippen molar-refractivity contribution in [2.24, 2.45) is 0 Å². The van der Waals surface area contributed by atoms with E-state index in [1.165, 1.54) is 10.6 Å². The molecule has 0 saturated carbocycles. The maximum absolute atomic E-state index is 7.64. The second-order valence-corrected chi connectivity index (χ2v) is 39.6. The van der Waals surface area contributed by atoms with Crippen LogP contribution in [0.15, 0.2) is 121 Å². The third-order valence-corrected chi connectivity index (χ3v) is 31.5. The molecule has 0 saturated heterocycles. The van der Waals surface area contributed by atoms with Gasteiger partial charge in [-0.05, 0) is 24.3 Å². The van der Waals surface area contributed by atoms with Crippen LogP contribution in [0.25, 0.3) is 9.23 Å². The molecule has 0 fully saturated rings. The fraction of sp³-hybridized carbons (Fsp3) is 0.316. The van der Waals surface area contributed by atoms with Crippen molar-refractivity contribution in [1.29, 1.82) is 0 Å². The van der Waals surface area contributed by atoms with Gasteiger partial charge in [-0.25, -0.2) is 37.4 Å². The largest absolute Gasteiger partial charge is 0.214 e. The van der Waals surface area contributed by atoms with Crippen molar-refractivity contribution in [1.82, 2.24) is 8.00 Å². The summed E-state index contributed by atoms with van der Waals surface area (Å²) in [5.41, 5.74) is 0. The predicted molar refractivity (Wildman–Crippen MR) is 228 cm³/mol. The molecule has 0 N–H and O–H groups in total. The molecule has 0 aliphatic heterocycles. The normalized spacial score (nSPS) is 11.5. The maximum Gasteiger partial charge on any atom is 0 e. The minimum Gasteiger partial charge on any atom is -0.214 e. The summed E-state index contributed by atoms with van der Waals surface area (Å²) < 4.78 is 28.2. The van der Waals surface area contributed by atoms with E-state index in [0.29, 0.717) is 0 Å². The summed E-state index contributed by atoms with van der Waals surface area (Å²) in [6.07, 6.45) is 0. The van der Waals surface area contributed by atoms with Crippen molar-refractivity contribution >= 4 is 60.0 Å². The van der Waals surface area contributed by atoms with Crippen LogP contribution in [0, 0.1) is 26.4 Å². The molecular weight excluding hydrogens is 829 g/mol. The average molecular weight is 885 g/mol. The molecule has 0 spiro atoms. The smallest absolute Gasteiger partial charge is 0 e. The van der Waals surface area contributed by atoms with Crippen LogP contribution in [-0.2, 0) is 43.4 Å². The predicted octanol–water partition coefficient (Wildman–Crippen LogP) is 11.8. The van der Waals surface area contributed by atoms with Crippen LogP contribution in [0.4, 0.5) is 0 Å². The Bertz CT molecular complexity index is 1340. The Kier molecular flexibility index (Phi) is 32.5. The van der Waals surface area contributed by atoms with Crippen LogP contribution >= 0.6 is 16.4 Å². The van der Waals surface area contributed by atoms with E-state index < -0.39 is 49.4 Å². The maximum atomic E-state index is 7.64. The molecule has 2 atom stereocenters. The van der Waals surface area contributed by atoms with E-state index in [4.69, 9.17) is 22.4 Å². The van der Waals surface area contributed by atoms with E-state index in [0.717, 1.165) is 0 Å². The summed E-state index contributed by atoms with van der Waals surface area (Å²) in [4.78, 5) is 0. The van der Waals surface area contributed by atoms with E-state index >= 15 is 0 Å². The number of benzene rings is 2.